The van der Waals surface area contributed by atoms with Crippen LogP contribution in [0.25, 0.3) is 0 Å². The van der Waals surface area contributed by atoms with E-state index in [2.05, 4.69) is 31.9 Å². The van der Waals surface area contributed by atoms with Crippen molar-refractivity contribution in [3.05, 3.63) is 27.1 Å². The summed E-state index contributed by atoms with van der Waals surface area (Å²) in [5.74, 6) is 0.873. The molecule has 1 aromatic carbocycles. The summed E-state index contributed by atoms with van der Waals surface area (Å²) in [4.78, 5) is 0. The first-order chi connectivity index (χ1) is 7.75. The molecule has 16 heavy (non-hydrogen) atoms. The second-order valence-electron chi connectivity index (χ2n) is 3.87. The van der Waals surface area contributed by atoms with E-state index in [4.69, 9.17) is 9.47 Å². The van der Waals surface area contributed by atoms with Crippen LogP contribution in [0.2, 0.25) is 0 Å². The van der Waals surface area contributed by atoms with Gasteiger partial charge in [-0.2, -0.15) is 0 Å². The smallest absolute Gasteiger partial charge is 0.133 e. The molecule has 0 N–H and O–H groups in total. The molecule has 0 aromatic heterocycles. The van der Waals surface area contributed by atoms with Crippen LogP contribution in [-0.4, -0.2) is 19.3 Å². The Morgan fingerprint density at radius 2 is 2.19 bits per heavy atom. The third-order valence-corrected chi connectivity index (χ3v) is 3.71. The quantitative estimate of drug-likeness (QED) is 0.815. The van der Waals surface area contributed by atoms with Gasteiger partial charge in [0.2, 0.25) is 0 Å². The largest absolute Gasteiger partial charge is 0.490 e. The van der Waals surface area contributed by atoms with Crippen molar-refractivity contribution in [1.29, 1.82) is 0 Å². The summed E-state index contributed by atoms with van der Waals surface area (Å²) in [6.45, 7) is 1.51. The normalized spacial score (nSPS) is 20.8. The van der Waals surface area contributed by atoms with Gasteiger partial charge in [0.1, 0.15) is 12.4 Å². The number of rotatable bonds is 3. The first kappa shape index (κ1) is 12.4. The van der Waals surface area contributed by atoms with Crippen LogP contribution >= 0.6 is 31.9 Å². The van der Waals surface area contributed by atoms with Gasteiger partial charge in [-0.25, -0.2) is 0 Å². The van der Waals surface area contributed by atoms with Gasteiger partial charge in [0.25, 0.3) is 0 Å². The van der Waals surface area contributed by atoms with E-state index in [0.717, 1.165) is 27.7 Å². The fourth-order valence-corrected chi connectivity index (χ4v) is 2.88. The maximum atomic E-state index is 5.74. The number of hydrogen-bond donors (Lipinski definition) is 0. The van der Waals surface area contributed by atoms with Crippen LogP contribution in [-0.2, 0) is 4.74 Å². The fraction of sp³-hybridized carbons (Fsp3) is 0.500. The van der Waals surface area contributed by atoms with Gasteiger partial charge in [-0.15, -0.1) is 0 Å². The molecule has 0 amide bonds. The highest BCUT2D eigenvalue weighted by molar-refractivity contribution is 9.11. The summed E-state index contributed by atoms with van der Waals surface area (Å²) in [6, 6.07) is 5.91. The Kier molecular flexibility index (Phi) is 4.67. The molecule has 1 heterocycles. The molecule has 0 radical (unpaired) electrons. The van der Waals surface area contributed by atoms with Crippen LogP contribution in [0.15, 0.2) is 27.1 Å². The molecule has 1 saturated heterocycles. The second kappa shape index (κ2) is 6.03. The Labute approximate surface area is 113 Å². The fourth-order valence-electron chi connectivity index (χ4n) is 1.71. The van der Waals surface area contributed by atoms with Crippen molar-refractivity contribution in [2.45, 2.75) is 25.4 Å². The summed E-state index contributed by atoms with van der Waals surface area (Å²) in [5, 5.41) is 0. The molecule has 1 aliphatic rings. The van der Waals surface area contributed by atoms with Crippen molar-refractivity contribution in [2.75, 3.05) is 13.2 Å². The van der Waals surface area contributed by atoms with Crippen LogP contribution < -0.4 is 4.74 Å². The Bertz CT molecular complexity index is 349. The molecule has 1 fully saturated rings. The number of halogens is 2. The van der Waals surface area contributed by atoms with Crippen LogP contribution in [0.4, 0.5) is 0 Å². The SMILES string of the molecule is Brc1ccc(OCC2CCCCO2)c(Br)c1. The Morgan fingerprint density at radius 1 is 1.31 bits per heavy atom. The van der Waals surface area contributed by atoms with E-state index < -0.39 is 0 Å². The monoisotopic (exact) mass is 348 g/mol. The molecular formula is C12H14Br2O2. The van der Waals surface area contributed by atoms with Gasteiger partial charge < -0.3 is 9.47 Å². The molecule has 88 valence electrons. The molecule has 0 spiro atoms. The molecular weight excluding hydrogens is 336 g/mol. The summed E-state index contributed by atoms with van der Waals surface area (Å²) < 4.78 is 13.4. The lowest BCUT2D eigenvalue weighted by Crippen LogP contribution is -2.25. The van der Waals surface area contributed by atoms with Crippen molar-refractivity contribution < 1.29 is 9.47 Å². The van der Waals surface area contributed by atoms with Gasteiger partial charge in [-0.05, 0) is 53.4 Å². The van der Waals surface area contributed by atoms with E-state index in [1.54, 1.807) is 0 Å². The molecule has 4 heteroatoms. The highest BCUT2D eigenvalue weighted by Crippen LogP contribution is 2.28. The van der Waals surface area contributed by atoms with Crippen molar-refractivity contribution in [2.24, 2.45) is 0 Å². The highest BCUT2D eigenvalue weighted by Gasteiger charge is 2.14. The predicted octanol–water partition coefficient (Wildman–Crippen LogP) is 4.16. The van der Waals surface area contributed by atoms with Crippen LogP contribution in [0, 0.1) is 0 Å². The van der Waals surface area contributed by atoms with E-state index in [-0.39, 0.29) is 6.10 Å². The molecule has 1 atom stereocenters. The highest BCUT2D eigenvalue weighted by atomic mass is 79.9. The Hall–Kier alpha value is -0.0600. The van der Waals surface area contributed by atoms with Gasteiger partial charge >= 0.3 is 0 Å². The minimum atomic E-state index is 0.254. The van der Waals surface area contributed by atoms with E-state index >= 15 is 0 Å². The third-order valence-electron chi connectivity index (χ3n) is 2.59. The standard InChI is InChI=1S/C12H14Br2O2/c13-9-4-5-12(11(14)7-9)16-8-10-3-1-2-6-15-10/h4-5,7,10H,1-3,6,8H2. The minimum Gasteiger partial charge on any atom is -0.490 e. The van der Waals surface area contributed by atoms with Crippen LogP contribution in [0.3, 0.4) is 0 Å². The molecule has 2 rings (SSSR count). The van der Waals surface area contributed by atoms with Gasteiger partial charge in [0.15, 0.2) is 0 Å². The minimum absolute atomic E-state index is 0.254. The molecule has 1 aliphatic heterocycles. The van der Waals surface area contributed by atoms with E-state index in [9.17, 15) is 0 Å². The van der Waals surface area contributed by atoms with E-state index in [1.165, 1.54) is 12.8 Å². The zero-order valence-corrected chi connectivity index (χ0v) is 12.1. The lowest BCUT2D eigenvalue weighted by molar-refractivity contribution is -0.0112. The van der Waals surface area contributed by atoms with Crippen molar-refractivity contribution in [3.63, 3.8) is 0 Å². The predicted molar refractivity (Wildman–Crippen MR) is 70.9 cm³/mol. The first-order valence-electron chi connectivity index (χ1n) is 5.45. The molecule has 1 unspecified atom stereocenters. The lowest BCUT2D eigenvalue weighted by Gasteiger charge is -2.22. The summed E-state index contributed by atoms with van der Waals surface area (Å²) >= 11 is 6.89. The third kappa shape index (κ3) is 3.47. The summed E-state index contributed by atoms with van der Waals surface area (Å²) in [6.07, 6.45) is 3.78. The Balaban J connectivity index is 1.88. The molecule has 0 aliphatic carbocycles. The molecule has 1 aromatic rings. The van der Waals surface area contributed by atoms with E-state index in [1.807, 2.05) is 18.2 Å². The summed E-state index contributed by atoms with van der Waals surface area (Å²) in [7, 11) is 0. The van der Waals surface area contributed by atoms with Crippen molar-refractivity contribution in [1.82, 2.24) is 0 Å². The van der Waals surface area contributed by atoms with Crippen molar-refractivity contribution >= 4 is 31.9 Å². The molecule has 0 saturated carbocycles. The van der Waals surface area contributed by atoms with Crippen molar-refractivity contribution in [3.8, 4) is 5.75 Å². The zero-order valence-electron chi connectivity index (χ0n) is 8.92. The van der Waals surface area contributed by atoms with Gasteiger partial charge in [-0.3, -0.25) is 0 Å². The average Bonchev–Trinajstić information content (AvgIpc) is 2.29. The molecule has 2 nitrogen and oxygen atoms in total. The number of hydrogen-bond acceptors (Lipinski definition) is 2. The zero-order chi connectivity index (χ0) is 11.4. The van der Waals surface area contributed by atoms with E-state index in [0.29, 0.717) is 6.61 Å². The second-order valence-corrected chi connectivity index (χ2v) is 5.64. The topological polar surface area (TPSA) is 18.5 Å². The maximum Gasteiger partial charge on any atom is 0.133 e. The van der Waals surface area contributed by atoms with Crippen LogP contribution in [0.5, 0.6) is 5.75 Å². The van der Waals surface area contributed by atoms with Gasteiger partial charge in [0, 0.05) is 11.1 Å². The molecule has 0 bridgehead atoms. The lowest BCUT2D eigenvalue weighted by atomic mass is 10.1. The summed E-state index contributed by atoms with van der Waals surface area (Å²) in [5.41, 5.74) is 0. The van der Waals surface area contributed by atoms with Gasteiger partial charge in [-0.1, -0.05) is 15.9 Å². The van der Waals surface area contributed by atoms with Gasteiger partial charge in [0.05, 0.1) is 10.6 Å². The average molecular weight is 350 g/mol. The maximum absolute atomic E-state index is 5.74. The number of benzene rings is 1. The Morgan fingerprint density at radius 3 is 2.88 bits per heavy atom. The number of ether oxygens (including phenoxy) is 2. The van der Waals surface area contributed by atoms with Crippen LogP contribution in [0.1, 0.15) is 19.3 Å². The first-order valence-corrected chi connectivity index (χ1v) is 7.04.